The summed E-state index contributed by atoms with van der Waals surface area (Å²) in [6, 6.07) is 4.29. The van der Waals surface area contributed by atoms with Crippen molar-refractivity contribution in [1.29, 1.82) is 0 Å². The number of methoxy groups -OCH3 is 1. The number of hydrogen-bond acceptors (Lipinski definition) is 2. The highest BCUT2D eigenvalue weighted by molar-refractivity contribution is 5.96. The number of Topliss-reactive ketones (excluding diaryl/α,β-unsaturated/α-hetero) is 1. The van der Waals surface area contributed by atoms with Gasteiger partial charge in [-0.1, -0.05) is 19.3 Å². The van der Waals surface area contributed by atoms with E-state index in [1.807, 2.05) is 0 Å². The summed E-state index contributed by atoms with van der Waals surface area (Å²) < 4.78 is 18.0. The molecule has 1 fully saturated rings. The number of hydrogen-bond donors (Lipinski definition) is 0. The van der Waals surface area contributed by atoms with Crippen molar-refractivity contribution in [3.05, 3.63) is 29.6 Å². The molecule has 0 N–H and O–H groups in total. The fraction of sp³-hybridized carbons (Fsp3) is 0.462. The van der Waals surface area contributed by atoms with E-state index >= 15 is 0 Å². The molecule has 0 heterocycles. The molecule has 0 aromatic heterocycles. The molecule has 0 bridgehead atoms. The minimum absolute atomic E-state index is 0.0861. The Morgan fingerprint density at radius 3 is 2.81 bits per heavy atom. The number of carbonyl (C=O) groups is 1. The second kappa shape index (κ2) is 4.64. The normalized spacial score (nSPS) is 15.6. The molecule has 0 amide bonds. The van der Waals surface area contributed by atoms with Crippen molar-refractivity contribution in [2.75, 3.05) is 7.11 Å². The molecular formula is C13H15FO2. The van der Waals surface area contributed by atoms with Gasteiger partial charge >= 0.3 is 0 Å². The van der Waals surface area contributed by atoms with Crippen LogP contribution >= 0.6 is 0 Å². The quantitative estimate of drug-likeness (QED) is 0.731. The summed E-state index contributed by atoms with van der Waals surface area (Å²) in [4.78, 5) is 11.8. The average molecular weight is 222 g/mol. The van der Waals surface area contributed by atoms with Crippen molar-refractivity contribution in [2.24, 2.45) is 5.92 Å². The number of ether oxygens (including phenoxy) is 1. The molecule has 0 aliphatic heterocycles. The van der Waals surface area contributed by atoms with Gasteiger partial charge in [0.1, 0.15) is 0 Å². The summed E-state index contributed by atoms with van der Waals surface area (Å²) in [5.74, 6) is 0.328. The Labute approximate surface area is 94.4 Å². The van der Waals surface area contributed by atoms with Crippen molar-refractivity contribution < 1.29 is 13.9 Å². The average Bonchev–Trinajstić information content (AvgIpc) is 2.24. The monoisotopic (exact) mass is 222 g/mol. The van der Waals surface area contributed by atoms with Crippen LogP contribution in [0.5, 0.6) is 5.75 Å². The summed E-state index contributed by atoms with van der Waals surface area (Å²) in [7, 11) is 1.40. The lowest BCUT2D eigenvalue weighted by Gasteiger charge is -2.24. The van der Waals surface area contributed by atoms with E-state index in [0.717, 1.165) is 12.8 Å². The molecule has 0 spiro atoms. The van der Waals surface area contributed by atoms with Crippen LogP contribution in [0.3, 0.4) is 0 Å². The summed E-state index contributed by atoms with van der Waals surface area (Å²) >= 11 is 0. The Bertz CT molecular complexity index is 397. The smallest absolute Gasteiger partial charge is 0.165 e. The SMILES string of the molecule is COc1cc(C(=O)CC2CCC2)ccc1F. The predicted molar refractivity (Wildman–Crippen MR) is 59.2 cm³/mol. The summed E-state index contributed by atoms with van der Waals surface area (Å²) in [5, 5.41) is 0. The molecule has 0 radical (unpaired) electrons. The van der Waals surface area contributed by atoms with Gasteiger partial charge in [-0.2, -0.15) is 0 Å². The first-order chi connectivity index (χ1) is 7.70. The van der Waals surface area contributed by atoms with Crippen LogP contribution in [0.2, 0.25) is 0 Å². The van der Waals surface area contributed by atoms with E-state index in [-0.39, 0.29) is 11.5 Å². The molecule has 1 aromatic rings. The zero-order chi connectivity index (χ0) is 11.5. The number of carbonyl (C=O) groups excluding carboxylic acids is 1. The molecule has 1 aromatic carbocycles. The maximum absolute atomic E-state index is 13.1. The third kappa shape index (κ3) is 2.23. The Morgan fingerprint density at radius 1 is 1.50 bits per heavy atom. The van der Waals surface area contributed by atoms with Crippen molar-refractivity contribution >= 4 is 5.78 Å². The Hall–Kier alpha value is -1.38. The molecule has 1 aliphatic carbocycles. The van der Waals surface area contributed by atoms with E-state index in [1.165, 1.54) is 31.7 Å². The first kappa shape index (κ1) is 11.1. The number of halogens is 1. The van der Waals surface area contributed by atoms with Crippen molar-refractivity contribution in [3.63, 3.8) is 0 Å². The molecule has 3 heteroatoms. The van der Waals surface area contributed by atoms with Crippen LogP contribution < -0.4 is 4.74 Å². The van der Waals surface area contributed by atoms with Gasteiger partial charge in [-0.15, -0.1) is 0 Å². The van der Waals surface area contributed by atoms with Gasteiger partial charge < -0.3 is 4.74 Å². The maximum atomic E-state index is 13.1. The Kier molecular flexibility index (Phi) is 3.22. The predicted octanol–water partition coefficient (Wildman–Crippen LogP) is 3.21. The summed E-state index contributed by atoms with van der Waals surface area (Å²) in [5.41, 5.74) is 0.546. The van der Waals surface area contributed by atoms with E-state index in [9.17, 15) is 9.18 Å². The van der Waals surface area contributed by atoms with Gasteiger partial charge in [0.05, 0.1) is 7.11 Å². The first-order valence-electron chi connectivity index (χ1n) is 5.57. The molecule has 2 rings (SSSR count). The van der Waals surface area contributed by atoms with Crippen molar-refractivity contribution in [3.8, 4) is 5.75 Å². The molecule has 0 unspecified atom stereocenters. The van der Waals surface area contributed by atoms with Gasteiger partial charge in [-0.3, -0.25) is 4.79 Å². The highest BCUT2D eigenvalue weighted by atomic mass is 19.1. The fourth-order valence-electron chi connectivity index (χ4n) is 1.91. The van der Waals surface area contributed by atoms with E-state index in [1.54, 1.807) is 0 Å². The minimum Gasteiger partial charge on any atom is -0.494 e. The zero-order valence-electron chi connectivity index (χ0n) is 9.33. The van der Waals surface area contributed by atoms with Crippen LogP contribution in [0.4, 0.5) is 4.39 Å². The van der Waals surface area contributed by atoms with Crippen LogP contribution in [-0.4, -0.2) is 12.9 Å². The van der Waals surface area contributed by atoms with Crippen LogP contribution in [0, 0.1) is 11.7 Å². The minimum atomic E-state index is -0.428. The van der Waals surface area contributed by atoms with Gasteiger partial charge in [-0.25, -0.2) is 4.39 Å². The highest BCUT2D eigenvalue weighted by Crippen LogP contribution is 2.31. The lowest BCUT2D eigenvalue weighted by molar-refractivity contribution is 0.0936. The molecule has 16 heavy (non-hydrogen) atoms. The number of ketones is 1. The summed E-state index contributed by atoms with van der Waals surface area (Å²) in [6.07, 6.45) is 4.09. The Balaban J connectivity index is 2.09. The maximum Gasteiger partial charge on any atom is 0.165 e. The molecule has 0 saturated heterocycles. The van der Waals surface area contributed by atoms with E-state index in [4.69, 9.17) is 4.74 Å². The second-order valence-electron chi connectivity index (χ2n) is 4.27. The third-order valence-corrected chi connectivity index (χ3v) is 3.17. The molecule has 1 saturated carbocycles. The van der Waals surface area contributed by atoms with Crippen LogP contribution in [-0.2, 0) is 0 Å². The molecule has 0 atom stereocenters. The lowest BCUT2D eigenvalue weighted by Crippen LogP contribution is -2.16. The lowest BCUT2D eigenvalue weighted by atomic mass is 9.81. The van der Waals surface area contributed by atoms with E-state index < -0.39 is 5.82 Å². The van der Waals surface area contributed by atoms with Gasteiger partial charge in [0.25, 0.3) is 0 Å². The van der Waals surface area contributed by atoms with Crippen molar-refractivity contribution in [1.82, 2.24) is 0 Å². The van der Waals surface area contributed by atoms with E-state index in [0.29, 0.717) is 17.9 Å². The van der Waals surface area contributed by atoms with Gasteiger partial charge in [0, 0.05) is 12.0 Å². The van der Waals surface area contributed by atoms with Gasteiger partial charge in [0.15, 0.2) is 17.3 Å². The van der Waals surface area contributed by atoms with Gasteiger partial charge in [0.2, 0.25) is 0 Å². The fourth-order valence-corrected chi connectivity index (χ4v) is 1.91. The zero-order valence-corrected chi connectivity index (χ0v) is 9.33. The number of rotatable bonds is 4. The van der Waals surface area contributed by atoms with E-state index in [2.05, 4.69) is 0 Å². The highest BCUT2D eigenvalue weighted by Gasteiger charge is 2.21. The van der Waals surface area contributed by atoms with Crippen LogP contribution in [0.15, 0.2) is 18.2 Å². The first-order valence-corrected chi connectivity index (χ1v) is 5.57. The summed E-state index contributed by atoms with van der Waals surface area (Å²) in [6.45, 7) is 0. The van der Waals surface area contributed by atoms with Crippen LogP contribution in [0.25, 0.3) is 0 Å². The third-order valence-electron chi connectivity index (χ3n) is 3.17. The topological polar surface area (TPSA) is 26.3 Å². The van der Waals surface area contributed by atoms with Crippen molar-refractivity contribution in [2.45, 2.75) is 25.7 Å². The Morgan fingerprint density at radius 2 is 2.25 bits per heavy atom. The molecule has 86 valence electrons. The molecular weight excluding hydrogens is 207 g/mol. The largest absolute Gasteiger partial charge is 0.494 e. The standard InChI is InChI=1S/C13H15FO2/c1-16-13-8-10(5-6-11(13)14)12(15)7-9-3-2-4-9/h5-6,8-9H,2-4,7H2,1H3. The molecule has 2 nitrogen and oxygen atoms in total. The second-order valence-corrected chi connectivity index (χ2v) is 4.27. The van der Waals surface area contributed by atoms with Crippen LogP contribution in [0.1, 0.15) is 36.0 Å². The number of benzene rings is 1. The van der Waals surface area contributed by atoms with Gasteiger partial charge in [-0.05, 0) is 24.1 Å². The molecule has 1 aliphatic rings.